The van der Waals surface area contributed by atoms with Crippen molar-refractivity contribution in [2.24, 2.45) is 0 Å². The van der Waals surface area contributed by atoms with Gasteiger partial charge in [-0.3, -0.25) is 0 Å². The molecule has 0 N–H and O–H groups in total. The quantitative estimate of drug-likeness (QED) is 0.357. The van der Waals surface area contributed by atoms with E-state index < -0.39 is 34.8 Å². The minimum atomic E-state index is -2.18. The van der Waals surface area contributed by atoms with Gasteiger partial charge in [-0.1, -0.05) is 0 Å². The topological polar surface area (TPSA) is 9.23 Å². The second-order valence-electron chi connectivity index (χ2n) is 2.60. The summed E-state index contributed by atoms with van der Waals surface area (Å²) in [6.07, 6.45) is 0. The normalized spacial score (nSPS) is 10.6. The fraction of sp³-hybridized carbons (Fsp3) is 0.250. The van der Waals surface area contributed by atoms with Gasteiger partial charge in [-0.05, 0) is 0 Å². The molecule has 0 saturated carbocycles. The van der Waals surface area contributed by atoms with E-state index in [9.17, 15) is 22.0 Å². The number of benzene rings is 1. The second-order valence-corrected chi connectivity index (χ2v) is 4.08. The van der Waals surface area contributed by atoms with Crippen molar-refractivity contribution >= 4 is 0 Å². The SMILES string of the molecule is Fc1c(F)c(F)c(OC[CH2][Zn])c(F)c1F. The van der Waals surface area contributed by atoms with E-state index in [2.05, 4.69) is 4.74 Å². The van der Waals surface area contributed by atoms with Crippen LogP contribution in [0, 0.1) is 29.1 Å². The first-order chi connectivity index (χ1) is 7.00. The van der Waals surface area contributed by atoms with E-state index >= 15 is 0 Å². The van der Waals surface area contributed by atoms with Crippen molar-refractivity contribution in [3.8, 4) is 5.75 Å². The third-order valence-electron chi connectivity index (χ3n) is 1.56. The van der Waals surface area contributed by atoms with Gasteiger partial charge in [0.1, 0.15) is 0 Å². The molecule has 79 valence electrons. The van der Waals surface area contributed by atoms with Crippen molar-refractivity contribution in [2.75, 3.05) is 6.61 Å². The Morgan fingerprint density at radius 1 is 0.800 bits per heavy atom. The molecule has 0 saturated heterocycles. The van der Waals surface area contributed by atoms with Crippen LogP contribution in [0.5, 0.6) is 5.75 Å². The van der Waals surface area contributed by atoms with E-state index in [-0.39, 0.29) is 6.61 Å². The average Bonchev–Trinajstić information content (AvgIpc) is 2.24. The molecule has 1 rings (SSSR count). The molecular weight excluding hydrogens is 272 g/mol. The maximum atomic E-state index is 12.9. The van der Waals surface area contributed by atoms with E-state index in [1.165, 1.54) is 0 Å². The summed E-state index contributed by atoms with van der Waals surface area (Å²) >= 11 is 0.801. The number of rotatable bonds is 3. The van der Waals surface area contributed by atoms with Crippen molar-refractivity contribution in [3.63, 3.8) is 0 Å². The molecular formula is C8H4F5OZn. The van der Waals surface area contributed by atoms with Gasteiger partial charge < -0.3 is 0 Å². The number of halogens is 5. The van der Waals surface area contributed by atoms with Crippen molar-refractivity contribution < 1.29 is 45.0 Å². The molecule has 0 aliphatic heterocycles. The van der Waals surface area contributed by atoms with Gasteiger partial charge >= 0.3 is 91.4 Å². The van der Waals surface area contributed by atoms with Gasteiger partial charge in [-0.2, -0.15) is 0 Å². The molecule has 15 heavy (non-hydrogen) atoms. The molecule has 0 amide bonds. The third kappa shape index (κ3) is 2.28. The van der Waals surface area contributed by atoms with E-state index in [1.807, 2.05) is 0 Å². The van der Waals surface area contributed by atoms with Crippen LogP contribution < -0.4 is 4.74 Å². The number of ether oxygens (including phenoxy) is 1. The molecule has 1 aromatic rings. The summed E-state index contributed by atoms with van der Waals surface area (Å²) in [6.45, 7) is -0.0711. The van der Waals surface area contributed by atoms with Crippen molar-refractivity contribution in [3.05, 3.63) is 29.1 Å². The van der Waals surface area contributed by atoms with Crippen LogP contribution in [-0.4, -0.2) is 6.61 Å². The van der Waals surface area contributed by atoms with Gasteiger partial charge in [0.25, 0.3) is 0 Å². The zero-order chi connectivity index (χ0) is 11.6. The second kappa shape index (κ2) is 4.88. The first-order valence-corrected chi connectivity index (χ1v) is 6.04. The van der Waals surface area contributed by atoms with Gasteiger partial charge in [-0.15, -0.1) is 0 Å². The zero-order valence-electron chi connectivity index (χ0n) is 7.42. The van der Waals surface area contributed by atoms with Gasteiger partial charge in [0.15, 0.2) is 0 Å². The predicted molar refractivity (Wildman–Crippen MR) is 36.5 cm³/mol. The molecule has 0 aliphatic rings. The molecule has 0 unspecified atom stereocenters. The molecule has 1 aromatic carbocycles. The maximum absolute atomic E-state index is 12.9. The van der Waals surface area contributed by atoms with Crippen LogP contribution in [0.15, 0.2) is 0 Å². The Labute approximate surface area is 91.9 Å². The summed E-state index contributed by atoms with van der Waals surface area (Å²) in [5.41, 5.74) is 0. The van der Waals surface area contributed by atoms with Gasteiger partial charge in [0.2, 0.25) is 0 Å². The van der Waals surface area contributed by atoms with E-state index in [1.54, 1.807) is 0 Å². The Morgan fingerprint density at radius 2 is 1.20 bits per heavy atom. The number of hydrogen-bond donors (Lipinski definition) is 0. The Morgan fingerprint density at radius 3 is 1.60 bits per heavy atom. The number of hydrogen-bond acceptors (Lipinski definition) is 1. The predicted octanol–water partition coefficient (Wildman–Crippen LogP) is 2.73. The molecule has 0 atom stereocenters. The summed E-state index contributed by atoms with van der Waals surface area (Å²) in [4.78, 5) is 0. The Balaban J connectivity index is 3.26. The fourth-order valence-electron chi connectivity index (χ4n) is 0.886. The zero-order valence-corrected chi connectivity index (χ0v) is 10.4. The van der Waals surface area contributed by atoms with Crippen LogP contribution in [0.3, 0.4) is 0 Å². The Hall–Kier alpha value is -0.707. The molecule has 0 radical (unpaired) electrons. The first-order valence-electron chi connectivity index (χ1n) is 3.94. The van der Waals surface area contributed by atoms with Crippen LogP contribution in [0.25, 0.3) is 0 Å². The van der Waals surface area contributed by atoms with Gasteiger partial charge in [0.05, 0.1) is 0 Å². The summed E-state index contributed by atoms with van der Waals surface area (Å²) < 4.78 is 68.0. The summed E-state index contributed by atoms with van der Waals surface area (Å²) in [5, 5.41) is 0.513. The average molecular weight is 276 g/mol. The minimum absolute atomic E-state index is 0.0711. The molecule has 0 aromatic heterocycles. The molecule has 0 heterocycles. The fourth-order valence-corrected chi connectivity index (χ4v) is 1.19. The van der Waals surface area contributed by atoms with Crippen LogP contribution in [-0.2, 0) is 18.3 Å². The van der Waals surface area contributed by atoms with Crippen LogP contribution in [0.2, 0.25) is 5.02 Å². The van der Waals surface area contributed by atoms with Crippen molar-refractivity contribution in [1.29, 1.82) is 0 Å². The third-order valence-corrected chi connectivity index (χ3v) is 2.17. The molecule has 7 heteroatoms. The molecule has 0 aliphatic carbocycles. The van der Waals surface area contributed by atoms with E-state index in [4.69, 9.17) is 0 Å². The standard InChI is InChI=1S/C8H4F5O.Zn/c1-2-14-8-6(12)4(10)3(9)5(11)7(8)13;/h1-2H2;. The summed E-state index contributed by atoms with van der Waals surface area (Å²) in [7, 11) is 0. The molecule has 0 bridgehead atoms. The molecule has 0 fully saturated rings. The Bertz CT molecular complexity index is 353. The van der Waals surface area contributed by atoms with Crippen molar-refractivity contribution in [2.45, 2.75) is 5.02 Å². The van der Waals surface area contributed by atoms with Crippen molar-refractivity contribution in [1.82, 2.24) is 0 Å². The van der Waals surface area contributed by atoms with E-state index in [0.717, 1.165) is 18.3 Å². The molecule has 1 nitrogen and oxygen atoms in total. The van der Waals surface area contributed by atoms with Crippen LogP contribution in [0.4, 0.5) is 22.0 Å². The van der Waals surface area contributed by atoms with Crippen LogP contribution in [0.1, 0.15) is 0 Å². The van der Waals surface area contributed by atoms with E-state index in [0.29, 0.717) is 5.02 Å². The van der Waals surface area contributed by atoms with Crippen LogP contribution >= 0.6 is 0 Å². The summed E-state index contributed by atoms with van der Waals surface area (Å²) in [5.74, 6) is -11.2. The molecule has 0 spiro atoms. The monoisotopic (exact) mass is 275 g/mol. The van der Waals surface area contributed by atoms with Gasteiger partial charge in [-0.25, -0.2) is 0 Å². The summed E-state index contributed by atoms with van der Waals surface area (Å²) in [6, 6.07) is 0. The Kier molecular flexibility index (Phi) is 4.02. The first kappa shape index (κ1) is 12.4. The van der Waals surface area contributed by atoms with Gasteiger partial charge in [0, 0.05) is 0 Å².